The van der Waals surface area contributed by atoms with Gasteiger partial charge in [-0.2, -0.15) is 0 Å². The van der Waals surface area contributed by atoms with Gasteiger partial charge >= 0.3 is 0 Å². The summed E-state index contributed by atoms with van der Waals surface area (Å²) in [6.07, 6.45) is 7.76. The van der Waals surface area contributed by atoms with Crippen molar-refractivity contribution in [2.75, 3.05) is 18.5 Å². The molecular formula is C33H37N3O6. The van der Waals surface area contributed by atoms with Crippen LogP contribution in [0.4, 0.5) is 5.69 Å². The van der Waals surface area contributed by atoms with Gasteiger partial charge in [0, 0.05) is 11.7 Å². The van der Waals surface area contributed by atoms with Crippen LogP contribution in [0.3, 0.4) is 0 Å². The molecule has 220 valence electrons. The molecule has 9 heteroatoms. The molecule has 2 aromatic rings. The summed E-state index contributed by atoms with van der Waals surface area (Å²) >= 11 is 0. The van der Waals surface area contributed by atoms with Crippen LogP contribution in [-0.4, -0.2) is 65.7 Å². The molecule has 0 radical (unpaired) electrons. The van der Waals surface area contributed by atoms with E-state index in [1.165, 1.54) is 0 Å². The normalized spacial score (nSPS) is 31.2. The van der Waals surface area contributed by atoms with Gasteiger partial charge in [0.25, 0.3) is 0 Å². The predicted octanol–water partition coefficient (Wildman–Crippen LogP) is 3.68. The van der Waals surface area contributed by atoms with E-state index in [0.717, 1.165) is 43.2 Å². The number of fused-ring (bicyclic) bond motifs is 2. The van der Waals surface area contributed by atoms with Crippen molar-refractivity contribution in [1.82, 2.24) is 10.2 Å². The number of likely N-dealkylation sites (tertiary alicyclic amines) is 1. The molecule has 2 aromatic carbocycles. The minimum atomic E-state index is -1.22. The third-order valence-electron chi connectivity index (χ3n) is 9.62. The summed E-state index contributed by atoms with van der Waals surface area (Å²) in [6.45, 7) is 4.39. The SMILES string of the molecule is Cc1ccc(NC(=O)C2C3C=CC4(O3)C2C(=O)N(CC2COc3ccccc3O2)C4C(=O)NC2CCCCC2)cc1C. The molecule has 7 rings (SSSR count). The smallest absolute Gasteiger partial charge is 0.246 e. The van der Waals surface area contributed by atoms with E-state index in [4.69, 9.17) is 14.2 Å². The number of amides is 3. The Labute approximate surface area is 245 Å². The van der Waals surface area contributed by atoms with Crippen molar-refractivity contribution in [3.05, 3.63) is 65.7 Å². The third kappa shape index (κ3) is 4.45. The van der Waals surface area contributed by atoms with Crippen LogP contribution in [0, 0.1) is 25.7 Å². The quantitative estimate of drug-likeness (QED) is 0.513. The first-order valence-corrected chi connectivity index (χ1v) is 15.1. The number of hydrogen-bond acceptors (Lipinski definition) is 6. The summed E-state index contributed by atoms with van der Waals surface area (Å²) in [4.78, 5) is 43.7. The number of ether oxygens (including phenoxy) is 3. The molecule has 2 bridgehead atoms. The highest BCUT2D eigenvalue weighted by Crippen LogP contribution is 2.55. The van der Waals surface area contributed by atoms with Gasteiger partial charge in [0.05, 0.1) is 24.5 Å². The van der Waals surface area contributed by atoms with Crippen molar-refractivity contribution in [3.63, 3.8) is 0 Å². The molecule has 2 N–H and O–H groups in total. The van der Waals surface area contributed by atoms with E-state index < -0.39 is 35.7 Å². The highest BCUT2D eigenvalue weighted by atomic mass is 16.6. The van der Waals surface area contributed by atoms with Crippen molar-refractivity contribution in [1.29, 1.82) is 0 Å². The number of nitrogens with one attached hydrogen (secondary N) is 2. The second kappa shape index (κ2) is 10.5. The lowest BCUT2D eigenvalue weighted by molar-refractivity contribution is -0.143. The van der Waals surface area contributed by atoms with Gasteiger partial charge in [0.1, 0.15) is 18.2 Å². The molecule has 2 saturated heterocycles. The zero-order chi connectivity index (χ0) is 29.0. The number of para-hydroxylation sites is 2. The van der Waals surface area contributed by atoms with Crippen LogP contribution < -0.4 is 20.1 Å². The van der Waals surface area contributed by atoms with Gasteiger partial charge < -0.3 is 29.7 Å². The molecule has 5 aliphatic rings. The van der Waals surface area contributed by atoms with Crippen molar-refractivity contribution in [2.24, 2.45) is 11.8 Å². The Morgan fingerprint density at radius 2 is 1.79 bits per heavy atom. The molecule has 42 heavy (non-hydrogen) atoms. The predicted molar refractivity (Wildman–Crippen MR) is 155 cm³/mol. The number of nitrogens with zero attached hydrogens (tertiary/aromatic N) is 1. The standard InChI is InChI=1S/C33H37N3O6/c1-19-12-13-22(16-20(19)2)35-30(37)27-26-14-15-33(42-26)28(27)32(39)36(29(33)31(38)34-21-8-4-3-5-9-21)17-23-18-40-24-10-6-7-11-25(24)41-23/h6-7,10-16,21,23,26-29H,3-5,8-9,17-18H2,1-2H3,(H,34,38)(H,35,37). The lowest BCUT2D eigenvalue weighted by Crippen LogP contribution is -2.58. The van der Waals surface area contributed by atoms with E-state index in [0.29, 0.717) is 17.2 Å². The van der Waals surface area contributed by atoms with Crippen molar-refractivity contribution in [3.8, 4) is 11.5 Å². The van der Waals surface area contributed by atoms with E-state index >= 15 is 0 Å². The van der Waals surface area contributed by atoms with Gasteiger partial charge in [0.15, 0.2) is 17.6 Å². The molecule has 3 fully saturated rings. The van der Waals surface area contributed by atoms with Crippen LogP contribution in [0.1, 0.15) is 43.2 Å². The maximum Gasteiger partial charge on any atom is 0.246 e. The average Bonchev–Trinajstić information content (AvgIpc) is 3.63. The second-order valence-electron chi connectivity index (χ2n) is 12.3. The minimum Gasteiger partial charge on any atom is -0.486 e. The Morgan fingerprint density at radius 1 is 1.00 bits per heavy atom. The molecule has 1 aliphatic carbocycles. The van der Waals surface area contributed by atoms with Crippen LogP contribution in [0.2, 0.25) is 0 Å². The number of benzene rings is 2. The molecule has 6 atom stereocenters. The van der Waals surface area contributed by atoms with E-state index in [1.54, 1.807) is 4.90 Å². The highest BCUT2D eigenvalue weighted by Gasteiger charge is 2.73. The first-order valence-electron chi connectivity index (χ1n) is 15.1. The lowest BCUT2D eigenvalue weighted by atomic mass is 9.74. The Balaban J connectivity index is 1.18. The minimum absolute atomic E-state index is 0.0613. The largest absolute Gasteiger partial charge is 0.486 e. The molecule has 4 aliphatic heterocycles. The fourth-order valence-corrected chi connectivity index (χ4v) is 7.41. The van der Waals surface area contributed by atoms with Gasteiger partial charge in [-0.05, 0) is 62.1 Å². The van der Waals surface area contributed by atoms with Gasteiger partial charge in [0.2, 0.25) is 17.7 Å². The topological polar surface area (TPSA) is 106 Å². The van der Waals surface area contributed by atoms with Crippen LogP contribution >= 0.6 is 0 Å². The van der Waals surface area contributed by atoms with E-state index in [-0.39, 0.29) is 36.9 Å². The number of anilines is 1. The zero-order valence-corrected chi connectivity index (χ0v) is 24.0. The van der Waals surface area contributed by atoms with Gasteiger partial charge in [-0.25, -0.2) is 0 Å². The Kier molecular flexibility index (Phi) is 6.72. The van der Waals surface area contributed by atoms with Crippen LogP contribution in [0.5, 0.6) is 11.5 Å². The summed E-state index contributed by atoms with van der Waals surface area (Å²) in [5, 5.41) is 6.25. The monoisotopic (exact) mass is 571 g/mol. The van der Waals surface area contributed by atoms with E-state index in [9.17, 15) is 14.4 Å². The molecular weight excluding hydrogens is 534 g/mol. The van der Waals surface area contributed by atoms with Crippen molar-refractivity contribution >= 4 is 23.4 Å². The zero-order valence-electron chi connectivity index (χ0n) is 24.0. The first kappa shape index (κ1) is 27.0. The molecule has 3 amide bonds. The van der Waals surface area contributed by atoms with Gasteiger partial charge in [-0.15, -0.1) is 0 Å². The molecule has 0 aromatic heterocycles. The average molecular weight is 572 g/mol. The maximum absolute atomic E-state index is 14.3. The Bertz CT molecular complexity index is 1450. The Morgan fingerprint density at radius 3 is 2.57 bits per heavy atom. The summed E-state index contributed by atoms with van der Waals surface area (Å²) in [7, 11) is 0. The second-order valence-corrected chi connectivity index (χ2v) is 12.3. The summed E-state index contributed by atoms with van der Waals surface area (Å²) < 4.78 is 18.6. The molecule has 6 unspecified atom stereocenters. The van der Waals surface area contributed by atoms with Crippen molar-refractivity contribution < 1.29 is 28.6 Å². The van der Waals surface area contributed by atoms with Crippen LogP contribution in [0.15, 0.2) is 54.6 Å². The summed E-state index contributed by atoms with van der Waals surface area (Å²) in [5.41, 5.74) is 1.64. The number of carbonyl (C=O) groups is 3. The van der Waals surface area contributed by atoms with Crippen LogP contribution in [0.25, 0.3) is 0 Å². The van der Waals surface area contributed by atoms with E-state index in [2.05, 4.69) is 10.6 Å². The molecule has 1 saturated carbocycles. The maximum atomic E-state index is 14.3. The summed E-state index contributed by atoms with van der Waals surface area (Å²) in [6, 6.07) is 12.3. The van der Waals surface area contributed by atoms with Crippen LogP contribution in [-0.2, 0) is 19.1 Å². The molecule has 4 heterocycles. The highest BCUT2D eigenvalue weighted by molar-refractivity contribution is 6.02. The van der Waals surface area contributed by atoms with E-state index in [1.807, 2.05) is 68.5 Å². The number of aryl methyl sites for hydroxylation is 2. The molecule has 9 nitrogen and oxygen atoms in total. The number of rotatable bonds is 6. The number of carbonyl (C=O) groups excluding carboxylic acids is 3. The number of hydrogen-bond donors (Lipinski definition) is 2. The molecule has 1 spiro atoms. The van der Waals surface area contributed by atoms with Crippen molar-refractivity contribution in [2.45, 2.75) is 75.8 Å². The third-order valence-corrected chi connectivity index (χ3v) is 9.62. The van der Waals surface area contributed by atoms with Gasteiger partial charge in [-0.3, -0.25) is 14.4 Å². The van der Waals surface area contributed by atoms with Gasteiger partial charge in [-0.1, -0.05) is 49.6 Å². The Hall–Kier alpha value is -3.85. The first-order chi connectivity index (χ1) is 20.3. The lowest BCUT2D eigenvalue weighted by Gasteiger charge is -2.36. The summed E-state index contributed by atoms with van der Waals surface area (Å²) in [5.74, 6) is -1.13. The fourth-order valence-electron chi connectivity index (χ4n) is 7.41. The fraction of sp³-hybridized carbons (Fsp3) is 0.485.